The zero-order valence-corrected chi connectivity index (χ0v) is 24.0. The van der Waals surface area contributed by atoms with E-state index >= 15 is 0 Å². The minimum atomic E-state index is -1.34. The quantitative estimate of drug-likeness (QED) is 0.122. The van der Waals surface area contributed by atoms with Crippen molar-refractivity contribution in [3.8, 4) is 11.8 Å². The van der Waals surface area contributed by atoms with Gasteiger partial charge < -0.3 is 44.9 Å². The molecule has 4 heterocycles. The number of hydrogen-bond acceptors (Lipinski definition) is 11. The average molecular weight is 655 g/mol. The van der Waals surface area contributed by atoms with Crippen molar-refractivity contribution in [2.24, 2.45) is 0 Å². The molecule has 1 fully saturated rings. The number of ether oxygens (including phenoxy) is 3. The highest BCUT2D eigenvalue weighted by atomic mass is 79.9. The number of carboxylic acid groups (broad SMARTS) is 1. The Morgan fingerprint density at radius 3 is 2.67 bits per heavy atom. The first-order valence-electron chi connectivity index (χ1n) is 13.3. The second-order valence-electron chi connectivity index (χ2n) is 9.84. The topological polar surface area (TPSA) is 197 Å². The molecule has 5 aromatic rings. The van der Waals surface area contributed by atoms with Crippen LogP contribution in [0.25, 0.3) is 22.1 Å². The summed E-state index contributed by atoms with van der Waals surface area (Å²) in [4.78, 5) is 27.6. The van der Waals surface area contributed by atoms with Crippen LogP contribution in [0.15, 0.2) is 59.5 Å². The van der Waals surface area contributed by atoms with E-state index in [1.807, 2.05) is 24.4 Å². The molecule has 43 heavy (non-hydrogen) atoms. The maximum absolute atomic E-state index is 10.8. The molecule has 6 N–H and O–H groups in total. The fourth-order valence-corrected chi connectivity index (χ4v) is 5.24. The van der Waals surface area contributed by atoms with Gasteiger partial charge in [0.05, 0.1) is 19.5 Å². The molecule has 1 aliphatic rings. The molecule has 14 nitrogen and oxygen atoms in total. The number of nitrogens with one attached hydrogen (secondary N) is 2. The van der Waals surface area contributed by atoms with Crippen LogP contribution in [-0.2, 0) is 16.0 Å². The monoisotopic (exact) mass is 654 g/mol. The second-order valence-corrected chi connectivity index (χ2v) is 10.8. The zero-order valence-electron chi connectivity index (χ0n) is 22.4. The predicted molar refractivity (Wildman–Crippen MR) is 156 cm³/mol. The van der Waals surface area contributed by atoms with Crippen molar-refractivity contribution in [1.29, 1.82) is 0 Å². The van der Waals surface area contributed by atoms with Gasteiger partial charge in [-0.25, -0.2) is 9.78 Å². The Labute approximate surface area is 252 Å². The Hall–Kier alpha value is -4.28. The van der Waals surface area contributed by atoms with Crippen LogP contribution in [0.1, 0.15) is 11.8 Å². The van der Waals surface area contributed by atoms with Gasteiger partial charge in [-0.2, -0.15) is 9.97 Å². The summed E-state index contributed by atoms with van der Waals surface area (Å²) in [6.45, 7) is -0.686. The first-order chi connectivity index (χ1) is 20.8. The number of anilines is 2. The second kappa shape index (κ2) is 12.1. The number of benzene rings is 2. The maximum Gasteiger partial charge on any atom is 0.341 e. The van der Waals surface area contributed by atoms with Gasteiger partial charge >= 0.3 is 12.0 Å². The number of imidazole rings is 1. The molecule has 0 spiro atoms. The minimum Gasteiger partial charge on any atom is -0.482 e. The number of fused-ring (bicyclic) bond motifs is 2. The van der Waals surface area contributed by atoms with Crippen LogP contribution in [0.3, 0.4) is 0 Å². The lowest BCUT2D eigenvalue weighted by Crippen LogP contribution is -2.33. The predicted octanol–water partition coefficient (Wildman–Crippen LogP) is 2.51. The van der Waals surface area contributed by atoms with E-state index in [1.54, 1.807) is 24.3 Å². The number of aromatic amines is 1. The molecular formula is C28H27BrN6O8. The van der Waals surface area contributed by atoms with Crippen LogP contribution < -0.4 is 14.8 Å². The largest absolute Gasteiger partial charge is 0.482 e. The van der Waals surface area contributed by atoms with E-state index in [0.29, 0.717) is 29.2 Å². The van der Waals surface area contributed by atoms with Gasteiger partial charge in [0.25, 0.3) is 0 Å². The number of aliphatic hydroxyl groups is 3. The van der Waals surface area contributed by atoms with E-state index in [-0.39, 0.29) is 18.3 Å². The van der Waals surface area contributed by atoms with Crippen LogP contribution in [0.2, 0.25) is 0 Å². The highest BCUT2D eigenvalue weighted by Crippen LogP contribution is 2.34. The molecule has 224 valence electrons. The zero-order chi connectivity index (χ0) is 30.1. The Morgan fingerprint density at radius 1 is 1.12 bits per heavy atom. The van der Waals surface area contributed by atoms with Crippen molar-refractivity contribution in [3.05, 3.63) is 65.0 Å². The number of aliphatic carboxylic acids is 1. The molecule has 6 rings (SSSR count). The number of rotatable bonds is 11. The third kappa shape index (κ3) is 5.98. The first kappa shape index (κ1) is 28.8. The fourth-order valence-electron chi connectivity index (χ4n) is 4.88. The SMILES string of the molecule is O=C(O)COc1ccc(Nc2nc(OCCc3c[nH]c4cc(Br)ccc34)nc3c2ncn3[C@@H]2O[C@H](CO)[C@@H](O)[C@H]2O)cc1. The van der Waals surface area contributed by atoms with Gasteiger partial charge in [0, 0.05) is 33.7 Å². The average Bonchev–Trinajstić information content (AvgIpc) is 3.68. The normalized spacial score (nSPS) is 20.1. The molecule has 1 aliphatic heterocycles. The molecule has 0 unspecified atom stereocenters. The van der Waals surface area contributed by atoms with Gasteiger partial charge in [0.15, 0.2) is 29.8 Å². The summed E-state index contributed by atoms with van der Waals surface area (Å²) in [6, 6.07) is 12.6. The van der Waals surface area contributed by atoms with E-state index in [0.717, 1.165) is 20.9 Å². The summed E-state index contributed by atoms with van der Waals surface area (Å²) in [6.07, 6.45) is -0.792. The standard InChI is InChI=1S/C28H27BrN6O8/c29-15-1-6-18-14(10-30-19(18)9-15)7-8-41-28-33-25(32-16-2-4-17(5-3-16)42-12-21(37)38)22-26(34-28)35(13-31-22)27-24(40)23(39)20(11-36)43-27/h1-6,9-10,13,20,23-24,27,30,36,39-40H,7-8,11-12H2,(H,37,38)(H,32,33,34)/t20-,23-,24-,27-/m1/s1. The molecular weight excluding hydrogens is 628 g/mol. The Morgan fingerprint density at radius 2 is 1.93 bits per heavy atom. The lowest BCUT2D eigenvalue weighted by atomic mass is 10.1. The van der Waals surface area contributed by atoms with Crippen molar-refractivity contribution < 1.29 is 39.4 Å². The summed E-state index contributed by atoms with van der Waals surface area (Å²) < 4.78 is 19.3. The highest BCUT2D eigenvalue weighted by molar-refractivity contribution is 9.10. The molecule has 15 heteroatoms. The molecule has 0 saturated carbocycles. The van der Waals surface area contributed by atoms with E-state index in [9.17, 15) is 20.1 Å². The molecule has 2 aromatic carbocycles. The summed E-state index contributed by atoms with van der Waals surface area (Å²) >= 11 is 3.48. The van der Waals surface area contributed by atoms with Gasteiger partial charge in [-0.3, -0.25) is 4.57 Å². The molecule has 1 saturated heterocycles. The van der Waals surface area contributed by atoms with Crippen molar-refractivity contribution in [2.75, 3.05) is 25.1 Å². The van der Waals surface area contributed by atoms with Crippen molar-refractivity contribution in [3.63, 3.8) is 0 Å². The smallest absolute Gasteiger partial charge is 0.341 e. The van der Waals surface area contributed by atoms with Crippen LogP contribution in [-0.4, -0.2) is 89.0 Å². The summed E-state index contributed by atoms with van der Waals surface area (Å²) in [5.74, 6) is -0.412. The Kier molecular flexibility index (Phi) is 8.14. The fraction of sp³-hybridized carbons (Fsp3) is 0.286. The van der Waals surface area contributed by atoms with Gasteiger partial charge in [0.2, 0.25) is 0 Å². The number of H-pyrrole nitrogens is 1. The van der Waals surface area contributed by atoms with Gasteiger partial charge in [-0.1, -0.05) is 22.0 Å². The van der Waals surface area contributed by atoms with E-state index in [4.69, 9.17) is 19.3 Å². The number of hydrogen-bond donors (Lipinski definition) is 6. The Balaban J connectivity index is 1.28. The molecule has 3 aromatic heterocycles. The van der Waals surface area contributed by atoms with E-state index in [1.165, 1.54) is 10.9 Å². The number of carboxylic acids is 1. The van der Waals surface area contributed by atoms with Gasteiger partial charge in [-0.15, -0.1) is 0 Å². The van der Waals surface area contributed by atoms with Crippen LogP contribution in [0.4, 0.5) is 11.5 Å². The molecule has 0 radical (unpaired) electrons. The molecule has 4 atom stereocenters. The number of aliphatic hydroxyl groups excluding tert-OH is 3. The lowest BCUT2D eigenvalue weighted by Gasteiger charge is -2.17. The van der Waals surface area contributed by atoms with Crippen molar-refractivity contribution in [1.82, 2.24) is 24.5 Å². The van der Waals surface area contributed by atoms with Crippen LogP contribution >= 0.6 is 15.9 Å². The summed E-state index contributed by atoms with van der Waals surface area (Å²) in [7, 11) is 0. The van der Waals surface area contributed by atoms with Crippen LogP contribution in [0.5, 0.6) is 11.8 Å². The van der Waals surface area contributed by atoms with Gasteiger partial charge in [-0.05, 0) is 42.0 Å². The minimum absolute atomic E-state index is 0.0347. The third-order valence-electron chi connectivity index (χ3n) is 7.00. The van der Waals surface area contributed by atoms with Crippen molar-refractivity contribution >= 4 is 55.5 Å². The van der Waals surface area contributed by atoms with Gasteiger partial charge in [0.1, 0.15) is 24.1 Å². The summed E-state index contributed by atoms with van der Waals surface area (Å²) in [5, 5.41) is 43.6. The lowest BCUT2D eigenvalue weighted by molar-refractivity contribution is -0.139. The molecule has 0 bridgehead atoms. The Bertz CT molecular complexity index is 1760. The van der Waals surface area contributed by atoms with E-state index < -0.39 is 43.7 Å². The molecule has 0 aliphatic carbocycles. The first-order valence-corrected chi connectivity index (χ1v) is 14.1. The molecule has 0 amide bonds. The maximum atomic E-state index is 10.8. The number of halogens is 1. The number of nitrogens with zero attached hydrogens (tertiary/aromatic N) is 4. The van der Waals surface area contributed by atoms with E-state index in [2.05, 4.69) is 41.2 Å². The number of carbonyl (C=O) groups is 1. The summed E-state index contributed by atoms with van der Waals surface area (Å²) in [5.41, 5.74) is 3.25. The number of aromatic nitrogens is 5. The highest BCUT2D eigenvalue weighted by Gasteiger charge is 2.44. The van der Waals surface area contributed by atoms with Crippen molar-refractivity contribution in [2.45, 2.75) is 31.0 Å². The van der Waals surface area contributed by atoms with Crippen LogP contribution in [0, 0.1) is 0 Å². The third-order valence-corrected chi connectivity index (χ3v) is 7.50.